The second-order valence-corrected chi connectivity index (χ2v) is 25.4. The van der Waals surface area contributed by atoms with Gasteiger partial charge in [0.2, 0.25) is 6.71 Å². The summed E-state index contributed by atoms with van der Waals surface area (Å²) in [7, 11) is 0. The van der Waals surface area contributed by atoms with E-state index in [-0.39, 0.29) is 13.4 Å². The molecule has 0 N–H and O–H groups in total. The molecule has 15 aromatic rings. The molecule has 0 spiro atoms. The van der Waals surface area contributed by atoms with Crippen LogP contribution in [-0.4, -0.2) is 18.0 Å². The maximum absolute atomic E-state index is 2.65. The average Bonchev–Trinajstić information content (AvgIpc) is 1.05. The van der Waals surface area contributed by atoms with Crippen LogP contribution in [0.1, 0.15) is 0 Å². The molecule has 434 valence electrons. The van der Waals surface area contributed by atoms with E-state index in [4.69, 9.17) is 0 Å². The van der Waals surface area contributed by atoms with Crippen LogP contribution in [0.5, 0.6) is 0 Å². The molecule has 0 bridgehead atoms. The number of rotatable bonds is 10. The SMILES string of the molecule is c1ccc(N(c2ccccc2)c2cc3c4c(c2)N(c2ccccc2)c2ccccc2B4c2cc4c(cc2S3)N(c2ccccc2-n2c3ccccc3c3ccccc32)c2cc(N(c3ccccc3)c3ccccc3)cc3c2B4c2ccccc2N3c2ccccc2)cc1. The van der Waals surface area contributed by atoms with E-state index in [0.29, 0.717) is 0 Å². The lowest BCUT2D eigenvalue weighted by molar-refractivity contribution is 1.14. The zero-order chi connectivity index (χ0) is 61.1. The van der Waals surface area contributed by atoms with Crippen LogP contribution in [0.3, 0.4) is 0 Å². The molecule has 14 aromatic carbocycles. The lowest BCUT2D eigenvalue weighted by Crippen LogP contribution is -2.64. The summed E-state index contributed by atoms with van der Waals surface area (Å²) in [5.41, 5.74) is 27.8. The Kier molecular flexibility index (Phi) is 12.3. The molecule has 0 saturated carbocycles. The van der Waals surface area contributed by atoms with Gasteiger partial charge in [-0.1, -0.05) is 217 Å². The van der Waals surface area contributed by atoms with Crippen LogP contribution < -0.4 is 57.3 Å². The third-order valence-corrected chi connectivity index (χ3v) is 20.4. The van der Waals surface area contributed by atoms with Gasteiger partial charge in [0.1, 0.15) is 0 Å². The molecule has 0 radical (unpaired) electrons. The lowest BCUT2D eigenvalue weighted by atomic mass is 9.31. The van der Waals surface area contributed by atoms with Gasteiger partial charge < -0.3 is 29.1 Å². The second-order valence-electron chi connectivity index (χ2n) is 24.4. The van der Waals surface area contributed by atoms with Crippen molar-refractivity contribution in [1.82, 2.24) is 4.57 Å². The first-order chi connectivity index (χ1) is 46.2. The fraction of sp³-hybridized carbons (Fsp3) is 0. The maximum Gasteiger partial charge on any atom is 0.252 e. The minimum Gasteiger partial charge on any atom is -0.311 e. The highest BCUT2D eigenvalue weighted by Gasteiger charge is 2.48. The summed E-state index contributed by atoms with van der Waals surface area (Å²) in [6, 6.07) is 126. The number of benzene rings is 14. The third-order valence-electron chi connectivity index (χ3n) is 19.3. The summed E-state index contributed by atoms with van der Waals surface area (Å²) < 4.78 is 2.50. The number of aromatic nitrogens is 1. The van der Waals surface area contributed by atoms with Gasteiger partial charge in [-0.15, -0.1) is 0 Å². The Hall–Kier alpha value is -11.6. The van der Waals surface area contributed by atoms with Gasteiger partial charge in [-0.3, -0.25) is 0 Å². The average molecular weight is 1200 g/mol. The van der Waals surface area contributed by atoms with Crippen molar-refractivity contribution in [3.05, 3.63) is 340 Å². The Bertz CT molecular complexity index is 5290. The van der Waals surface area contributed by atoms with Crippen molar-refractivity contribution in [2.75, 3.05) is 24.5 Å². The van der Waals surface area contributed by atoms with E-state index in [0.717, 1.165) is 90.7 Å². The molecule has 1 aromatic heterocycles. The normalized spacial score (nSPS) is 13.0. The Balaban J connectivity index is 0.930. The molecule has 9 heteroatoms. The monoisotopic (exact) mass is 1200 g/mol. The fourth-order valence-corrected chi connectivity index (χ4v) is 16.8. The quantitative estimate of drug-likeness (QED) is 0.126. The van der Waals surface area contributed by atoms with Crippen LogP contribution in [0.2, 0.25) is 0 Å². The van der Waals surface area contributed by atoms with Crippen LogP contribution in [0, 0.1) is 0 Å². The Labute approximate surface area is 545 Å². The smallest absolute Gasteiger partial charge is 0.252 e. The molecule has 93 heavy (non-hydrogen) atoms. The van der Waals surface area contributed by atoms with Gasteiger partial charge in [-0.25, -0.2) is 0 Å². The van der Waals surface area contributed by atoms with Gasteiger partial charge in [-0.05, 0) is 167 Å². The number of hydrogen-bond donors (Lipinski definition) is 0. The predicted molar refractivity (Wildman–Crippen MR) is 394 cm³/mol. The van der Waals surface area contributed by atoms with E-state index in [2.05, 4.69) is 369 Å². The first-order valence-corrected chi connectivity index (χ1v) is 32.8. The highest BCUT2D eigenvalue weighted by atomic mass is 32.2. The zero-order valence-corrected chi connectivity index (χ0v) is 51.4. The van der Waals surface area contributed by atoms with Crippen molar-refractivity contribution < 1.29 is 0 Å². The number of anilines is 15. The minimum absolute atomic E-state index is 0.102. The van der Waals surface area contributed by atoms with E-state index < -0.39 is 0 Å². The van der Waals surface area contributed by atoms with E-state index >= 15 is 0 Å². The molecule has 0 unspecified atom stereocenters. The highest BCUT2D eigenvalue weighted by molar-refractivity contribution is 8.00. The molecule has 0 saturated heterocycles. The largest absolute Gasteiger partial charge is 0.311 e. The van der Waals surface area contributed by atoms with Gasteiger partial charge in [-0.2, -0.15) is 0 Å². The molecule has 0 atom stereocenters. The van der Waals surface area contributed by atoms with E-state index in [9.17, 15) is 0 Å². The predicted octanol–water partition coefficient (Wildman–Crippen LogP) is 18.6. The van der Waals surface area contributed by atoms with Gasteiger partial charge in [0.05, 0.1) is 28.1 Å². The summed E-state index contributed by atoms with van der Waals surface area (Å²) in [5.74, 6) is 0. The number of fused-ring (bicyclic) bond motifs is 11. The summed E-state index contributed by atoms with van der Waals surface area (Å²) in [6.07, 6.45) is 0. The molecular formula is C84H56B2N6S. The van der Waals surface area contributed by atoms with Crippen LogP contribution in [0.4, 0.5) is 85.3 Å². The van der Waals surface area contributed by atoms with Gasteiger partial charge >= 0.3 is 0 Å². The summed E-state index contributed by atoms with van der Waals surface area (Å²) in [6.45, 7) is -0.271. The maximum atomic E-state index is 2.65. The topological polar surface area (TPSA) is 21.1 Å². The number of nitrogens with zero attached hydrogens (tertiary/aromatic N) is 6. The van der Waals surface area contributed by atoms with Crippen molar-refractivity contribution in [2.45, 2.75) is 9.79 Å². The third kappa shape index (κ3) is 8.33. The first-order valence-electron chi connectivity index (χ1n) is 32.0. The second kappa shape index (κ2) is 21.5. The van der Waals surface area contributed by atoms with Crippen molar-refractivity contribution in [1.29, 1.82) is 0 Å². The van der Waals surface area contributed by atoms with Gasteiger partial charge in [0.25, 0.3) is 6.71 Å². The number of hydrogen-bond acceptors (Lipinski definition) is 6. The summed E-state index contributed by atoms with van der Waals surface area (Å²) in [4.78, 5) is 15.0. The molecule has 4 aliphatic heterocycles. The van der Waals surface area contributed by atoms with Crippen LogP contribution in [-0.2, 0) is 0 Å². The Morgan fingerprint density at radius 3 is 1.11 bits per heavy atom. The highest BCUT2D eigenvalue weighted by Crippen LogP contribution is 2.52. The van der Waals surface area contributed by atoms with Crippen LogP contribution in [0.25, 0.3) is 27.5 Å². The van der Waals surface area contributed by atoms with E-state index in [1.54, 1.807) is 0 Å². The molecule has 4 aliphatic rings. The Morgan fingerprint density at radius 2 is 0.613 bits per heavy atom. The molecule has 0 aliphatic carbocycles. The van der Waals surface area contributed by atoms with Crippen molar-refractivity contribution in [3.8, 4) is 5.69 Å². The van der Waals surface area contributed by atoms with Crippen molar-refractivity contribution >= 4 is 165 Å². The Morgan fingerprint density at radius 1 is 0.237 bits per heavy atom. The van der Waals surface area contributed by atoms with Crippen molar-refractivity contribution in [3.63, 3.8) is 0 Å². The molecule has 5 heterocycles. The van der Waals surface area contributed by atoms with E-state index in [1.807, 2.05) is 11.8 Å². The van der Waals surface area contributed by atoms with Crippen LogP contribution >= 0.6 is 11.8 Å². The van der Waals surface area contributed by atoms with Gasteiger partial charge in [0.15, 0.2) is 0 Å². The fourth-order valence-electron chi connectivity index (χ4n) is 15.6. The molecule has 6 nitrogen and oxygen atoms in total. The first kappa shape index (κ1) is 53.2. The minimum atomic E-state index is -0.169. The van der Waals surface area contributed by atoms with Crippen LogP contribution in [0.15, 0.2) is 350 Å². The van der Waals surface area contributed by atoms with Crippen molar-refractivity contribution in [2.24, 2.45) is 0 Å². The zero-order valence-electron chi connectivity index (χ0n) is 50.6. The lowest BCUT2D eigenvalue weighted by Gasteiger charge is -2.46. The summed E-state index contributed by atoms with van der Waals surface area (Å²) in [5, 5.41) is 2.44. The molecule has 19 rings (SSSR count). The molecular weight excluding hydrogens is 1150 g/mol. The molecule has 0 amide bonds. The number of para-hydroxylation sites is 12. The van der Waals surface area contributed by atoms with Gasteiger partial charge in [0, 0.05) is 94.5 Å². The van der Waals surface area contributed by atoms with E-state index in [1.165, 1.54) is 64.7 Å². The summed E-state index contributed by atoms with van der Waals surface area (Å²) >= 11 is 1.91. The standard InChI is InChI=1S/C84H56B2N6S/c1-7-29-57(30-8-1)87(58-31-9-2-10-32-58)63-51-78-83-79(52-63)92(76-50-28-27-49-75(76)91-71-45-23-19-41-65(71)66-42-20-24-46-72(66)91)77-56-81-70(55-69(77)85(83)67-43-21-25-47-73(67)89(78)61-37-15-5-16-38-61)86-68-44-22-26-48-74(68)90(62-39-17-6-18-40-62)80-53-64(54-82(93-81)84(80)86)88(59-33-11-3-12-34-59)60-35-13-4-14-36-60/h1-56H. The molecule has 0 fully saturated rings.